The van der Waals surface area contributed by atoms with Gasteiger partial charge in [-0.3, -0.25) is 0 Å². The first-order valence-electron chi connectivity index (χ1n) is 6.01. The van der Waals surface area contributed by atoms with E-state index < -0.39 is 0 Å². The minimum absolute atomic E-state index is 0.598. The van der Waals surface area contributed by atoms with Gasteiger partial charge in [0.05, 0.1) is 0 Å². The lowest BCUT2D eigenvalue weighted by molar-refractivity contribution is 0.169. The Morgan fingerprint density at radius 1 is 1.25 bits per heavy atom. The molecule has 0 aromatic carbocycles. The molecule has 1 N–H and O–H groups in total. The molecule has 2 aliphatic rings. The molecular formula is C11H18N4S. The van der Waals surface area contributed by atoms with Crippen LogP contribution < -0.4 is 5.32 Å². The van der Waals surface area contributed by atoms with Gasteiger partial charge in [-0.15, -0.1) is 10.2 Å². The highest BCUT2D eigenvalue weighted by Crippen LogP contribution is 2.35. The molecule has 2 bridgehead atoms. The van der Waals surface area contributed by atoms with Crippen LogP contribution in [0.15, 0.2) is 0 Å². The first kappa shape index (κ1) is 10.5. The molecule has 0 aliphatic carbocycles. The Morgan fingerprint density at radius 2 is 1.94 bits per heavy atom. The smallest absolute Gasteiger partial charge is 0.205 e. The minimum Gasteiger partial charge on any atom is -0.357 e. The molecule has 2 aliphatic heterocycles. The summed E-state index contributed by atoms with van der Waals surface area (Å²) in [5.74, 6) is 0. The Labute approximate surface area is 100 Å². The van der Waals surface area contributed by atoms with E-state index in [9.17, 15) is 0 Å². The summed E-state index contributed by atoms with van der Waals surface area (Å²) in [4.78, 5) is 2.56. The van der Waals surface area contributed by atoms with Crippen molar-refractivity contribution in [3.8, 4) is 0 Å². The van der Waals surface area contributed by atoms with E-state index in [1.54, 1.807) is 11.3 Å². The van der Waals surface area contributed by atoms with Gasteiger partial charge < -0.3 is 10.2 Å². The third kappa shape index (κ3) is 1.82. The molecule has 0 saturated carbocycles. The molecule has 5 heteroatoms. The molecule has 0 amide bonds. The van der Waals surface area contributed by atoms with E-state index in [1.807, 2.05) is 6.92 Å². The summed E-state index contributed by atoms with van der Waals surface area (Å²) in [6, 6.07) is 2.16. The van der Waals surface area contributed by atoms with Crippen molar-refractivity contribution in [2.75, 3.05) is 12.4 Å². The second kappa shape index (κ2) is 3.96. The predicted molar refractivity (Wildman–Crippen MR) is 65.9 cm³/mol. The largest absolute Gasteiger partial charge is 0.357 e. The number of nitrogens with zero attached hydrogens (tertiary/aromatic N) is 3. The number of hydrogen-bond donors (Lipinski definition) is 1. The normalized spacial score (nSPS) is 34.2. The van der Waals surface area contributed by atoms with Crippen LogP contribution in [0.3, 0.4) is 0 Å². The van der Waals surface area contributed by atoms with E-state index >= 15 is 0 Å². The van der Waals surface area contributed by atoms with Gasteiger partial charge in [-0.05, 0) is 39.7 Å². The number of piperidine rings is 1. The average molecular weight is 238 g/mol. The van der Waals surface area contributed by atoms with E-state index in [-0.39, 0.29) is 0 Å². The number of hydrogen-bond acceptors (Lipinski definition) is 5. The summed E-state index contributed by atoms with van der Waals surface area (Å²) in [5, 5.41) is 13.8. The van der Waals surface area contributed by atoms with E-state index in [1.165, 1.54) is 25.7 Å². The van der Waals surface area contributed by atoms with E-state index in [2.05, 4.69) is 27.5 Å². The number of anilines is 1. The lowest BCUT2D eigenvalue weighted by Gasteiger charge is -2.36. The molecule has 2 fully saturated rings. The van der Waals surface area contributed by atoms with Gasteiger partial charge in [-0.1, -0.05) is 11.3 Å². The molecule has 0 radical (unpaired) electrons. The second-order valence-electron chi connectivity index (χ2n) is 4.99. The van der Waals surface area contributed by atoms with Crippen LogP contribution in [0.2, 0.25) is 0 Å². The summed E-state index contributed by atoms with van der Waals surface area (Å²) in [5.41, 5.74) is 0. The minimum atomic E-state index is 0.598. The number of nitrogens with one attached hydrogen (secondary N) is 1. The lowest BCUT2D eigenvalue weighted by atomic mass is 9.98. The van der Waals surface area contributed by atoms with Crippen molar-refractivity contribution in [3.05, 3.63) is 5.01 Å². The standard InChI is InChI=1S/C11H18N4S/c1-7-13-14-11(16-7)12-8-5-9-3-4-10(6-8)15(9)2/h8-10H,3-6H2,1-2H3,(H,12,14). The van der Waals surface area contributed by atoms with E-state index in [4.69, 9.17) is 0 Å². The SMILES string of the molecule is Cc1nnc(NC2CC3CCC(C2)N3C)s1. The third-order valence-electron chi connectivity index (χ3n) is 3.95. The maximum Gasteiger partial charge on any atom is 0.205 e. The van der Waals surface area contributed by atoms with Crippen LogP contribution in [0.5, 0.6) is 0 Å². The van der Waals surface area contributed by atoms with Gasteiger partial charge in [0, 0.05) is 18.1 Å². The molecule has 3 heterocycles. The zero-order valence-electron chi connectivity index (χ0n) is 9.81. The average Bonchev–Trinajstić information content (AvgIpc) is 2.72. The van der Waals surface area contributed by atoms with Crippen molar-refractivity contribution in [1.29, 1.82) is 0 Å². The van der Waals surface area contributed by atoms with Crippen LogP contribution in [0.25, 0.3) is 0 Å². The summed E-state index contributed by atoms with van der Waals surface area (Å²) >= 11 is 1.66. The first-order valence-corrected chi connectivity index (χ1v) is 6.82. The molecule has 3 rings (SSSR count). The van der Waals surface area contributed by atoms with Gasteiger partial charge in [0.2, 0.25) is 5.13 Å². The van der Waals surface area contributed by atoms with Crippen LogP contribution in [0.4, 0.5) is 5.13 Å². The second-order valence-corrected chi connectivity index (χ2v) is 6.17. The lowest BCUT2D eigenvalue weighted by Crippen LogP contribution is -2.44. The van der Waals surface area contributed by atoms with Crippen molar-refractivity contribution in [2.45, 2.75) is 50.7 Å². The highest BCUT2D eigenvalue weighted by atomic mass is 32.1. The zero-order valence-corrected chi connectivity index (χ0v) is 10.6. The van der Waals surface area contributed by atoms with Crippen LogP contribution in [-0.4, -0.2) is 40.3 Å². The highest BCUT2D eigenvalue weighted by Gasteiger charge is 2.38. The molecule has 16 heavy (non-hydrogen) atoms. The third-order valence-corrected chi connectivity index (χ3v) is 4.72. The van der Waals surface area contributed by atoms with Gasteiger partial charge in [-0.2, -0.15) is 0 Å². The quantitative estimate of drug-likeness (QED) is 0.854. The fourth-order valence-electron chi connectivity index (χ4n) is 3.06. The number of aromatic nitrogens is 2. The molecule has 1 aromatic heterocycles. The van der Waals surface area contributed by atoms with Crippen LogP contribution >= 0.6 is 11.3 Å². The summed E-state index contributed by atoms with van der Waals surface area (Å²) in [7, 11) is 2.27. The topological polar surface area (TPSA) is 41.1 Å². The monoisotopic (exact) mass is 238 g/mol. The maximum absolute atomic E-state index is 4.14. The van der Waals surface area contributed by atoms with Crippen molar-refractivity contribution in [2.24, 2.45) is 0 Å². The van der Waals surface area contributed by atoms with Gasteiger partial charge >= 0.3 is 0 Å². The molecule has 2 unspecified atom stereocenters. The molecular weight excluding hydrogens is 220 g/mol. The molecule has 88 valence electrons. The van der Waals surface area contributed by atoms with Crippen molar-refractivity contribution in [1.82, 2.24) is 15.1 Å². The number of fused-ring (bicyclic) bond motifs is 2. The Bertz CT molecular complexity index is 364. The predicted octanol–water partition coefficient (Wildman–Crippen LogP) is 1.88. The van der Waals surface area contributed by atoms with Gasteiger partial charge in [0.1, 0.15) is 5.01 Å². The van der Waals surface area contributed by atoms with Crippen LogP contribution in [0, 0.1) is 6.92 Å². The summed E-state index contributed by atoms with van der Waals surface area (Å²) in [6.45, 7) is 2.00. The van der Waals surface area contributed by atoms with Crippen LogP contribution in [0.1, 0.15) is 30.7 Å². The van der Waals surface area contributed by atoms with Crippen molar-refractivity contribution in [3.63, 3.8) is 0 Å². The Hall–Kier alpha value is -0.680. The Kier molecular flexibility index (Phi) is 2.59. The molecule has 4 nitrogen and oxygen atoms in total. The van der Waals surface area contributed by atoms with Crippen LogP contribution in [-0.2, 0) is 0 Å². The van der Waals surface area contributed by atoms with Gasteiger partial charge in [0.25, 0.3) is 0 Å². The Morgan fingerprint density at radius 3 is 2.50 bits per heavy atom. The fraction of sp³-hybridized carbons (Fsp3) is 0.818. The van der Waals surface area contributed by atoms with Gasteiger partial charge in [0.15, 0.2) is 0 Å². The maximum atomic E-state index is 4.14. The highest BCUT2D eigenvalue weighted by molar-refractivity contribution is 7.15. The zero-order chi connectivity index (χ0) is 11.1. The van der Waals surface area contributed by atoms with Crippen molar-refractivity contribution < 1.29 is 0 Å². The molecule has 2 atom stereocenters. The molecule has 0 spiro atoms. The number of rotatable bonds is 2. The van der Waals surface area contributed by atoms with E-state index in [0.717, 1.165) is 22.2 Å². The Balaban J connectivity index is 1.65. The van der Waals surface area contributed by atoms with E-state index in [0.29, 0.717) is 6.04 Å². The van der Waals surface area contributed by atoms with Gasteiger partial charge in [-0.25, -0.2) is 0 Å². The molecule has 2 saturated heterocycles. The summed E-state index contributed by atoms with van der Waals surface area (Å²) in [6.07, 6.45) is 5.25. The number of aryl methyl sites for hydroxylation is 1. The van der Waals surface area contributed by atoms with Crippen molar-refractivity contribution >= 4 is 16.5 Å². The summed E-state index contributed by atoms with van der Waals surface area (Å²) < 4.78 is 0. The fourth-order valence-corrected chi connectivity index (χ4v) is 3.73. The molecule has 1 aromatic rings. The first-order chi connectivity index (χ1) is 7.72.